The largest absolute Gasteiger partial charge is 0.514 e. The van der Waals surface area contributed by atoms with Crippen LogP contribution in [0.1, 0.15) is 28.8 Å². The van der Waals surface area contributed by atoms with Crippen molar-refractivity contribution in [2.45, 2.75) is 31.6 Å². The standard InChI is InChI=1S/C29H29N5O12/c30-28(38)45-25(16-35)15-21(13-14-31-27(37)26(36)19-3-7-22(8-4-19)33(40)41)32-20-5-1-18(2-6-20)17-44-29(39)46-24-11-9-23(10-12-24)34(42)43/h1-12,21,25,32,35H,13-17H2,(H2,30,38)(H,31,37). The lowest BCUT2D eigenvalue weighted by atomic mass is 10.0. The van der Waals surface area contributed by atoms with Crippen molar-refractivity contribution < 1.29 is 48.3 Å². The number of nitrogens with two attached hydrogens (primary N) is 1. The van der Waals surface area contributed by atoms with Gasteiger partial charge in [0.15, 0.2) is 0 Å². The monoisotopic (exact) mass is 639 g/mol. The minimum atomic E-state index is -1.09. The van der Waals surface area contributed by atoms with Crippen molar-refractivity contribution in [2.75, 3.05) is 18.5 Å². The molecule has 242 valence electrons. The Labute approximate surface area is 260 Å². The van der Waals surface area contributed by atoms with E-state index in [0.717, 1.165) is 12.1 Å². The van der Waals surface area contributed by atoms with Gasteiger partial charge in [-0.05, 0) is 48.4 Å². The Bertz CT molecular complexity index is 1550. The lowest BCUT2D eigenvalue weighted by Crippen LogP contribution is -2.37. The van der Waals surface area contributed by atoms with E-state index in [9.17, 15) is 44.5 Å². The molecule has 0 aliphatic heterocycles. The second kappa shape index (κ2) is 16.7. The molecule has 0 aliphatic carbocycles. The van der Waals surface area contributed by atoms with Crippen molar-refractivity contribution in [3.8, 4) is 5.75 Å². The minimum absolute atomic E-state index is 0.00721. The molecular weight excluding hydrogens is 610 g/mol. The third-order valence-electron chi connectivity index (χ3n) is 6.29. The molecule has 0 heterocycles. The Balaban J connectivity index is 1.56. The summed E-state index contributed by atoms with van der Waals surface area (Å²) in [4.78, 5) is 68.4. The molecule has 0 radical (unpaired) electrons. The van der Waals surface area contributed by atoms with Gasteiger partial charge in [0.05, 0.1) is 16.5 Å². The maximum absolute atomic E-state index is 12.4. The molecule has 0 fully saturated rings. The fourth-order valence-corrected chi connectivity index (χ4v) is 4.03. The molecule has 2 atom stereocenters. The highest BCUT2D eigenvalue weighted by molar-refractivity contribution is 6.42. The van der Waals surface area contributed by atoms with E-state index in [4.69, 9.17) is 19.9 Å². The van der Waals surface area contributed by atoms with Gasteiger partial charge in [-0.3, -0.25) is 29.8 Å². The molecule has 0 saturated heterocycles. The van der Waals surface area contributed by atoms with Gasteiger partial charge in [0.1, 0.15) is 18.5 Å². The van der Waals surface area contributed by atoms with E-state index in [1.165, 1.54) is 36.4 Å². The molecular formula is C29H29N5O12. The first-order chi connectivity index (χ1) is 21.9. The molecule has 5 N–H and O–H groups in total. The Morgan fingerprint density at radius 1 is 0.870 bits per heavy atom. The van der Waals surface area contributed by atoms with Crippen LogP contribution in [0.2, 0.25) is 0 Å². The number of non-ortho nitro benzene ring substituents is 2. The molecule has 0 saturated carbocycles. The van der Waals surface area contributed by atoms with Crippen LogP contribution in [0.5, 0.6) is 5.75 Å². The van der Waals surface area contributed by atoms with E-state index in [2.05, 4.69) is 10.6 Å². The number of nitrogens with one attached hydrogen (secondary N) is 2. The van der Waals surface area contributed by atoms with Crippen molar-refractivity contribution in [3.63, 3.8) is 0 Å². The number of nitro benzene ring substituents is 2. The van der Waals surface area contributed by atoms with Gasteiger partial charge in [0, 0.05) is 54.5 Å². The maximum Gasteiger partial charge on any atom is 0.514 e. The van der Waals surface area contributed by atoms with Crippen LogP contribution in [0.25, 0.3) is 0 Å². The maximum atomic E-state index is 12.4. The Hall–Kier alpha value is -6.10. The highest BCUT2D eigenvalue weighted by Gasteiger charge is 2.21. The number of benzene rings is 3. The summed E-state index contributed by atoms with van der Waals surface area (Å²) in [6, 6.07) is 15.5. The van der Waals surface area contributed by atoms with E-state index in [1.54, 1.807) is 24.3 Å². The number of carbonyl (C=O) groups is 4. The molecule has 2 unspecified atom stereocenters. The number of rotatable bonds is 16. The smallest absolute Gasteiger partial charge is 0.444 e. The first-order valence-electron chi connectivity index (χ1n) is 13.5. The zero-order valence-corrected chi connectivity index (χ0v) is 24.0. The number of aliphatic hydroxyl groups is 1. The van der Waals surface area contributed by atoms with Crippen LogP contribution in [0, 0.1) is 20.2 Å². The number of carbonyl (C=O) groups excluding carboxylic acids is 4. The van der Waals surface area contributed by atoms with Crippen LogP contribution in [0.3, 0.4) is 0 Å². The zero-order valence-electron chi connectivity index (χ0n) is 24.0. The highest BCUT2D eigenvalue weighted by atomic mass is 16.7. The minimum Gasteiger partial charge on any atom is -0.444 e. The number of primary amides is 1. The number of nitrogens with zero attached hydrogens (tertiary/aromatic N) is 2. The second-order valence-electron chi connectivity index (χ2n) is 9.58. The number of anilines is 1. The van der Waals surface area contributed by atoms with Gasteiger partial charge >= 0.3 is 12.2 Å². The number of ether oxygens (including phenoxy) is 3. The van der Waals surface area contributed by atoms with Gasteiger partial charge in [-0.25, -0.2) is 9.59 Å². The quantitative estimate of drug-likeness (QED) is 0.0439. The number of hydrogen-bond acceptors (Lipinski definition) is 13. The van der Waals surface area contributed by atoms with E-state index >= 15 is 0 Å². The average molecular weight is 640 g/mol. The predicted molar refractivity (Wildman–Crippen MR) is 159 cm³/mol. The molecule has 46 heavy (non-hydrogen) atoms. The number of hydrogen-bond donors (Lipinski definition) is 4. The highest BCUT2D eigenvalue weighted by Crippen LogP contribution is 2.19. The summed E-state index contributed by atoms with van der Waals surface area (Å²) in [5.74, 6) is -1.76. The summed E-state index contributed by atoms with van der Waals surface area (Å²) in [6.07, 6.45) is -2.80. The van der Waals surface area contributed by atoms with E-state index < -0.39 is 52.5 Å². The Kier molecular flexibility index (Phi) is 12.5. The first kappa shape index (κ1) is 34.4. The molecule has 3 rings (SSSR count). The van der Waals surface area contributed by atoms with E-state index in [-0.39, 0.29) is 48.7 Å². The molecule has 3 aromatic carbocycles. The Morgan fingerprint density at radius 3 is 2.00 bits per heavy atom. The van der Waals surface area contributed by atoms with Crippen molar-refractivity contribution in [3.05, 3.63) is 104 Å². The average Bonchev–Trinajstić information content (AvgIpc) is 3.03. The van der Waals surface area contributed by atoms with Crippen LogP contribution in [0.15, 0.2) is 72.8 Å². The van der Waals surface area contributed by atoms with Crippen molar-refractivity contribution in [1.82, 2.24) is 5.32 Å². The number of aliphatic hydroxyl groups excluding tert-OH is 1. The fraction of sp³-hybridized carbons (Fsp3) is 0.241. The summed E-state index contributed by atoms with van der Waals surface area (Å²) >= 11 is 0. The molecule has 17 nitrogen and oxygen atoms in total. The summed E-state index contributed by atoms with van der Waals surface area (Å²) in [5, 5.41) is 36.8. The third kappa shape index (κ3) is 10.9. The zero-order chi connectivity index (χ0) is 33.6. The van der Waals surface area contributed by atoms with E-state index in [1.807, 2.05) is 0 Å². The lowest BCUT2D eigenvalue weighted by molar-refractivity contribution is -0.385. The fourth-order valence-electron chi connectivity index (χ4n) is 4.03. The van der Waals surface area contributed by atoms with Gasteiger partial charge in [-0.1, -0.05) is 12.1 Å². The van der Waals surface area contributed by atoms with Gasteiger partial charge < -0.3 is 35.7 Å². The first-order valence-corrected chi connectivity index (χ1v) is 13.5. The molecule has 0 bridgehead atoms. The molecule has 3 aromatic rings. The summed E-state index contributed by atoms with van der Waals surface area (Å²) in [6.45, 7) is -0.686. The van der Waals surface area contributed by atoms with Crippen molar-refractivity contribution in [1.29, 1.82) is 0 Å². The van der Waals surface area contributed by atoms with Crippen LogP contribution < -0.4 is 21.1 Å². The predicted octanol–water partition coefficient (Wildman–Crippen LogP) is 3.23. The molecule has 0 spiro atoms. The normalized spacial score (nSPS) is 11.8. The number of Topliss-reactive ketones (excluding diaryl/α,β-unsaturated/α-hetero) is 1. The summed E-state index contributed by atoms with van der Waals surface area (Å²) in [5.41, 5.74) is 5.82. The van der Waals surface area contributed by atoms with Gasteiger partial charge in [0.2, 0.25) is 5.78 Å². The topological polar surface area (TPSA) is 253 Å². The van der Waals surface area contributed by atoms with E-state index in [0.29, 0.717) is 11.3 Å². The van der Waals surface area contributed by atoms with Gasteiger partial charge in [-0.2, -0.15) is 0 Å². The van der Waals surface area contributed by atoms with Crippen LogP contribution in [-0.2, 0) is 20.9 Å². The Morgan fingerprint density at radius 2 is 1.46 bits per heavy atom. The summed E-state index contributed by atoms with van der Waals surface area (Å²) < 4.78 is 15.0. The van der Waals surface area contributed by atoms with Crippen molar-refractivity contribution in [2.24, 2.45) is 5.73 Å². The third-order valence-corrected chi connectivity index (χ3v) is 6.29. The number of nitro groups is 2. The molecule has 17 heteroatoms. The SMILES string of the molecule is NC(=O)OC(CO)CC(CCNC(=O)C(=O)c1ccc([N+](=O)[O-])cc1)Nc1ccc(COC(=O)Oc2ccc([N+](=O)[O-])cc2)cc1. The van der Waals surface area contributed by atoms with Crippen LogP contribution in [0.4, 0.5) is 26.7 Å². The number of ketones is 1. The molecule has 0 aliphatic rings. The van der Waals surface area contributed by atoms with Crippen LogP contribution in [-0.4, -0.2) is 64.2 Å². The van der Waals surface area contributed by atoms with Gasteiger partial charge in [-0.15, -0.1) is 0 Å². The van der Waals surface area contributed by atoms with Gasteiger partial charge in [0.25, 0.3) is 17.3 Å². The molecule has 0 aromatic heterocycles. The number of amides is 2. The second-order valence-corrected chi connectivity index (χ2v) is 9.58. The van der Waals surface area contributed by atoms with Crippen LogP contribution >= 0.6 is 0 Å². The molecule has 2 amide bonds. The lowest BCUT2D eigenvalue weighted by Gasteiger charge is -2.24. The van der Waals surface area contributed by atoms with Crippen molar-refractivity contribution >= 4 is 41.0 Å². The summed E-state index contributed by atoms with van der Waals surface area (Å²) in [7, 11) is 0.